The van der Waals surface area contributed by atoms with Gasteiger partial charge in [-0.05, 0) is 37.6 Å². The van der Waals surface area contributed by atoms with Crippen molar-refractivity contribution in [1.29, 1.82) is 0 Å². The quantitative estimate of drug-likeness (QED) is 0.424. The highest BCUT2D eigenvalue weighted by Gasteiger charge is 2.22. The predicted octanol–water partition coefficient (Wildman–Crippen LogP) is 3.54. The Balaban J connectivity index is 1.42. The van der Waals surface area contributed by atoms with Crippen molar-refractivity contribution in [3.63, 3.8) is 0 Å². The van der Waals surface area contributed by atoms with Crippen molar-refractivity contribution in [2.24, 2.45) is 0 Å². The number of fused-ring (bicyclic) bond motifs is 1. The minimum Gasteiger partial charge on any atom is -0.460 e. The number of aromatic nitrogens is 2. The standard InChI is InChI=1S/C25H27N5O3/c1-17-14-30(15-24(32)33-17)12-6-9-23(31)29-20-10-11-22-21(13-20)25(27-16-26-22)28-18(2)19-7-4-3-5-8-19/h3-11,13,16-18H,12,14-15H2,1-2H3,(H,29,31)(H,26,27,28)/t17-,18-/m1/s1. The lowest BCUT2D eigenvalue weighted by Crippen LogP contribution is -2.44. The maximum Gasteiger partial charge on any atom is 0.320 e. The highest BCUT2D eigenvalue weighted by Crippen LogP contribution is 2.26. The minimum atomic E-state index is -0.244. The molecule has 0 radical (unpaired) electrons. The van der Waals surface area contributed by atoms with Crippen LogP contribution in [0.15, 0.2) is 67.0 Å². The number of hydrogen-bond donors (Lipinski definition) is 2. The zero-order valence-corrected chi connectivity index (χ0v) is 18.7. The van der Waals surface area contributed by atoms with E-state index in [9.17, 15) is 9.59 Å². The molecule has 4 rings (SSSR count). The van der Waals surface area contributed by atoms with E-state index in [1.54, 1.807) is 6.08 Å². The first-order chi connectivity index (χ1) is 16.0. The zero-order valence-electron chi connectivity index (χ0n) is 18.7. The van der Waals surface area contributed by atoms with E-state index in [1.807, 2.05) is 48.2 Å². The Kier molecular flexibility index (Phi) is 6.95. The normalized spacial score (nSPS) is 17.6. The van der Waals surface area contributed by atoms with Crippen molar-refractivity contribution in [1.82, 2.24) is 14.9 Å². The van der Waals surface area contributed by atoms with Crippen molar-refractivity contribution in [3.8, 4) is 0 Å². The molecule has 0 spiro atoms. The van der Waals surface area contributed by atoms with Crippen LogP contribution in [0.3, 0.4) is 0 Å². The molecule has 2 aromatic carbocycles. The van der Waals surface area contributed by atoms with E-state index in [0.717, 1.165) is 16.5 Å². The van der Waals surface area contributed by atoms with Gasteiger partial charge in [0, 0.05) is 36.3 Å². The van der Waals surface area contributed by atoms with Crippen LogP contribution < -0.4 is 10.6 Å². The number of carbonyl (C=O) groups excluding carboxylic acids is 2. The van der Waals surface area contributed by atoms with E-state index in [1.165, 1.54) is 12.4 Å². The van der Waals surface area contributed by atoms with E-state index in [2.05, 4.69) is 39.7 Å². The number of hydrogen-bond acceptors (Lipinski definition) is 7. The molecule has 1 saturated heterocycles. The third-order valence-corrected chi connectivity index (χ3v) is 5.39. The van der Waals surface area contributed by atoms with Gasteiger partial charge in [-0.2, -0.15) is 0 Å². The molecule has 33 heavy (non-hydrogen) atoms. The number of cyclic esters (lactones) is 1. The maximum absolute atomic E-state index is 12.4. The van der Waals surface area contributed by atoms with Gasteiger partial charge < -0.3 is 15.4 Å². The summed E-state index contributed by atoms with van der Waals surface area (Å²) in [7, 11) is 0. The van der Waals surface area contributed by atoms with Gasteiger partial charge in [0.15, 0.2) is 0 Å². The summed E-state index contributed by atoms with van der Waals surface area (Å²) < 4.78 is 5.12. The van der Waals surface area contributed by atoms with Crippen molar-refractivity contribution in [2.75, 3.05) is 30.3 Å². The van der Waals surface area contributed by atoms with E-state index in [4.69, 9.17) is 4.74 Å². The number of amides is 1. The maximum atomic E-state index is 12.4. The molecular formula is C25H27N5O3. The Bertz CT molecular complexity index is 1170. The van der Waals surface area contributed by atoms with Gasteiger partial charge in [0.25, 0.3) is 0 Å². The summed E-state index contributed by atoms with van der Waals surface area (Å²) in [5.74, 6) is 0.219. The number of rotatable bonds is 7. The summed E-state index contributed by atoms with van der Waals surface area (Å²) in [5.41, 5.74) is 2.58. The molecule has 170 valence electrons. The lowest BCUT2D eigenvalue weighted by atomic mass is 10.1. The first-order valence-corrected chi connectivity index (χ1v) is 10.9. The topological polar surface area (TPSA) is 96.5 Å². The number of nitrogens with one attached hydrogen (secondary N) is 2. The van der Waals surface area contributed by atoms with Gasteiger partial charge >= 0.3 is 5.97 Å². The molecule has 8 nitrogen and oxygen atoms in total. The summed E-state index contributed by atoms with van der Waals surface area (Å²) in [6.45, 7) is 5.32. The molecule has 0 unspecified atom stereocenters. The van der Waals surface area contributed by atoms with E-state index in [0.29, 0.717) is 24.6 Å². The lowest BCUT2D eigenvalue weighted by Gasteiger charge is -2.29. The number of ether oxygens (including phenoxy) is 1. The second-order valence-corrected chi connectivity index (χ2v) is 8.12. The lowest BCUT2D eigenvalue weighted by molar-refractivity contribution is -0.156. The van der Waals surface area contributed by atoms with Crippen LogP contribution in [0.1, 0.15) is 25.5 Å². The zero-order chi connectivity index (χ0) is 23.2. The predicted molar refractivity (Wildman–Crippen MR) is 128 cm³/mol. The fourth-order valence-corrected chi connectivity index (χ4v) is 3.82. The molecule has 1 aliphatic rings. The average molecular weight is 446 g/mol. The van der Waals surface area contributed by atoms with Crippen LogP contribution in [-0.4, -0.2) is 52.5 Å². The van der Waals surface area contributed by atoms with Crippen molar-refractivity contribution in [2.45, 2.75) is 26.0 Å². The Morgan fingerprint density at radius 2 is 2.06 bits per heavy atom. The molecular weight excluding hydrogens is 418 g/mol. The van der Waals surface area contributed by atoms with Crippen LogP contribution in [0.4, 0.5) is 11.5 Å². The number of esters is 1. The van der Waals surface area contributed by atoms with Crippen molar-refractivity contribution >= 4 is 34.3 Å². The van der Waals surface area contributed by atoms with Crippen molar-refractivity contribution < 1.29 is 14.3 Å². The molecule has 0 aliphatic carbocycles. The Hall–Kier alpha value is -3.78. The number of anilines is 2. The third-order valence-electron chi connectivity index (χ3n) is 5.39. The van der Waals surface area contributed by atoms with Gasteiger partial charge in [0.2, 0.25) is 5.91 Å². The largest absolute Gasteiger partial charge is 0.460 e. The Morgan fingerprint density at radius 1 is 1.24 bits per heavy atom. The van der Waals surface area contributed by atoms with Crippen LogP contribution in [0.2, 0.25) is 0 Å². The molecule has 1 aromatic heterocycles. The summed E-state index contributed by atoms with van der Waals surface area (Å²) in [4.78, 5) is 34.6. The highest BCUT2D eigenvalue weighted by molar-refractivity contribution is 6.01. The summed E-state index contributed by atoms with van der Waals surface area (Å²) in [6, 6.07) is 15.7. The van der Waals surface area contributed by atoms with Gasteiger partial charge in [-0.25, -0.2) is 9.97 Å². The summed E-state index contributed by atoms with van der Waals surface area (Å²) in [5, 5.41) is 7.14. The first-order valence-electron chi connectivity index (χ1n) is 10.9. The molecule has 1 amide bonds. The fourth-order valence-electron chi connectivity index (χ4n) is 3.82. The van der Waals surface area contributed by atoms with Gasteiger partial charge in [-0.15, -0.1) is 0 Å². The van der Waals surface area contributed by atoms with Crippen LogP contribution in [-0.2, 0) is 14.3 Å². The fraction of sp³-hybridized carbons (Fsp3) is 0.280. The van der Waals surface area contributed by atoms with Crippen LogP contribution >= 0.6 is 0 Å². The second-order valence-electron chi connectivity index (χ2n) is 8.12. The number of morpholine rings is 1. The van der Waals surface area contributed by atoms with Gasteiger partial charge in [-0.3, -0.25) is 14.5 Å². The molecule has 2 heterocycles. The Morgan fingerprint density at radius 3 is 2.85 bits per heavy atom. The molecule has 2 atom stereocenters. The number of carbonyl (C=O) groups is 2. The monoisotopic (exact) mass is 445 g/mol. The number of benzene rings is 2. The molecule has 0 bridgehead atoms. The van der Waals surface area contributed by atoms with Crippen molar-refractivity contribution in [3.05, 3.63) is 72.6 Å². The smallest absolute Gasteiger partial charge is 0.320 e. The molecule has 1 aliphatic heterocycles. The molecule has 0 saturated carbocycles. The van der Waals surface area contributed by atoms with E-state index in [-0.39, 0.29) is 30.6 Å². The first kappa shape index (κ1) is 22.4. The SMILES string of the molecule is C[C@@H]1CN(CC=CC(=O)Nc2ccc3ncnc(N[C@H](C)c4ccccc4)c3c2)CC(=O)O1. The molecule has 1 fully saturated rings. The average Bonchev–Trinajstić information content (AvgIpc) is 2.79. The summed E-state index contributed by atoms with van der Waals surface area (Å²) in [6.07, 6.45) is 4.62. The second kappa shape index (κ2) is 10.2. The molecule has 2 N–H and O–H groups in total. The van der Waals surface area contributed by atoms with E-state index >= 15 is 0 Å². The minimum absolute atomic E-state index is 0.0558. The van der Waals surface area contributed by atoms with E-state index < -0.39 is 0 Å². The Labute approximate surface area is 192 Å². The highest BCUT2D eigenvalue weighted by atomic mass is 16.5. The third kappa shape index (κ3) is 5.93. The van der Waals surface area contributed by atoms with Crippen LogP contribution in [0.25, 0.3) is 10.9 Å². The van der Waals surface area contributed by atoms with Gasteiger partial charge in [-0.1, -0.05) is 36.4 Å². The summed E-state index contributed by atoms with van der Waals surface area (Å²) >= 11 is 0. The molecule has 8 heteroatoms. The van der Waals surface area contributed by atoms with Crippen LogP contribution in [0.5, 0.6) is 0 Å². The number of nitrogens with zero attached hydrogens (tertiary/aromatic N) is 3. The molecule has 3 aromatic rings. The van der Waals surface area contributed by atoms with Gasteiger partial charge in [0.05, 0.1) is 12.1 Å². The van der Waals surface area contributed by atoms with Crippen LogP contribution in [0, 0.1) is 0 Å². The van der Waals surface area contributed by atoms with Gasteiger partial charge in [0.1, 0.15) is 18.2 Å².